The van der Waals surface area contributed by atoms with Gasteiger partial charge in [0.25, 0.3) is 15.9 Å². The van der Waals surface area contributed by atoms with Gasteiger partial charge in [0.15, 0.2) is 0 Å². The van der Waals surface area contributed by atoms with Crippen LogP contribution in [-0.2, 0) is 10.0 Å². The molecule has 1 aromatic heterocycles. The van der Waals surface area contributed by atoms with Gasteiger partial charge >= 0.3 is 0 Å². The molecule has 3 aromatic rings. The maximum atomic E-state index is 12.5. The van der Waals surface area contributed by atoms with Crippen LogP contribution in [0.3, 0.4) is 0 Å². The smallest absolute Gasteiger partial charge is 0.265 e. The van der Waals surface area contributed by atoms with Crippen molar-refractivity contribution in [2.45, 2.75) is 4.90 Å². The number of phenolic OH excluding ortho intramolecular Hbond substituents is 1. The summed E-state index contributed by atoms with van der Waals surface area (Å²) in [6.45, 7) is 0. The molecule has 0 radical (unpaired) electrons. The normalized spacial score (nSPS) is 11.1. The summed E-state index contributed by atoms with van der Waals surface area (Å²) < 4.78 is 27.5. The van der Waals surface area contributed by atoms with Crippen LogP contribution in [-0.4, -0.2) is 19.4 Å². The van der Waals surface area contributed by atoms with Crippen molar-refractivity contribution in [1.29, 1.82) is 0 Å². The third kappa shape index (κ3) is 4.16. The van der Waals surface area contributed by atoms with Gasteiger partial charge in [0, 0.05) is 5.02 Å². The van der Waals surface area contributed by atoms with E-state index in [-0.39, 0.29) is 16.3 Å². The number of hydrogen-bond donors (Lipinski definition) is 3. The van der Waals surface area contributed by atoms with E-state index in [4.69, 9.17) is 11.6 Å². The minimum absolute atomic E-state index is 0.00244. The lowest BCUT2D eigenvalue weighted by atomic mass is 10.3. The summed E-state index contributed by atoms with van der Waals surface area (Å²) >= 11 is 7.09. The highest BCUT2D eigenvalue weighted by molar-refractivity contribution is 7.92. The summed E-state index contributed by atoms with van der Waals surface area (Å²) in [4.78, 5) is 12.5. The largest absolute Gasteiger partial charge is 0.506 e. The number of hydrogen-bond acceptors (Lipinski definition) is 5. The van der Waals surface area contributed by atoms with Crippen LogP contribution in [0.25, 0.3) is 0 Å². The van der Waals surface area contributed by atoms with Gasteiger partial charge in [-0.25, -0.2) is 8.42 Å². The van der Waals surface area contributed by atoms with E-state index in [0.29, 0.717) is 15.6 Å². The summed E-state index contributed by atoms with van der Waals surface area (Å²) in [7, 11) is -3.93. The van der Waals surface area contributed by atoms with Gasteiger partial charge in [-0.3, -0.25) is 9.52 Å². The quantitative estimate of drug-likeness (QED) is 0.552. The fourth-order valence-electron chi connectivity index (χ4n) is 2.14. The van der Waals surface area contributed by atoms with Crippen molar-refractivity contribution in [2.24, 2.45) is 0 Å². The monoisotopic (exact) mass is 408 g/mol. The van der Waals surface area contributed by atoms with E-state index in [9.17, 15) is 18.3 Å². The number of sulfonamides is 1. The van der Waals surface area contributed by atoms with E-state index in [1.807, 2.05) is 0 Å². The third-order valence-corrected chi connectivity index (χ3v) is 5.83. The van der Waals surface area contributed by atoms with Gasteiger partial charge in [0.05, 0.1) is 21.1 Å². The number of phenols is 1. The molecule has 1 amide bonds. The minimum atomic E-state index is -3.93. The van der Waals surface area contributed by atoms with E-state index in [2.05, 4.69) is 10.0 Å². The molecule has 26 heavy (non-hydrogen) atoms. The van der Waals surface area contributed by atoms with Gasteiger partial charge < -0.3 is 10.4 Å². The van der Waals surface area contributed by atoms with Crippen molar-refractivity contribution in [2.75, 3.05) is 10.0 Å². The van der Waals surface area contributed by atoms with Crippen molar-refractivity contribution in [3.05, 3.63) is 69.9 Å². The summed E-state index contributed by atoms with van der Waals surface area (Å²) in [6.07, 6.45) is 0. The van der Waals surface area contributed by atoms with Crippen LogP contribution in [0.1, 0.15) is 9.67 Å². The van der Waals surface area contributed by atoms with Crippen molar-refractivity contribution in [3.63, 3.8) is 0 Å². The molecule has 0 aliphatic carbocycles. The first-order valence-electron chi connectivity index (χ1n) is 7.31. The SMILES string of the molecule is O=C(Nc1cc(S(=O)(=O)Nc2cccc(Cl)c2)ccc1O)c1cccs1. The topological polar surface area (TPSA) is 95.5 Å². The lowest BCUT2D eigenvalue weighted by Gasteiger charge is -2.11. The lowest BCUT2D eigenvalue weighted by Crippen LogP contribution is -2.14. The van der Waals surface area contributed by atoms with Gasteiger partial charge in [-0.1, -0.05) is 23.7 Å². The van der Waals surface area contributed by atoms with Crippen LogP contribution in [0.15, 0.2) is 64.9 Å². The second-order valence-electron chi connectivity index (χ2n) is 5.23. The molecule has 0 aliphatic heterocycles. The molecule has 0 unspecified atom stereocenters. The first-order valence-corrected chi connectivity index (χ1v) is 10.1. The number of carbonyl (C=O) groups is 1. The minimum Gasteiger partial charge on any atom is -0.506 e. The Kier molecular flexibility index (Phi) is 5.17. The van der Waals surface area contributed by atoms with Crippen molar-refractivity contribution < 1.29 is 18.3 Å². The Morgan fingerprint density at radius 2 is 1.88 bits per heavy atom. The molecule has 3 rings (SSSR count). The van der Waals surface area contributed by atoms with Crippen molar-refractivity contribution in [1.82, 2.24) is 0 Å². The second kappa shape index (κ2) is 7.36. The number of rotatable bonds is 5. The van der Waals surface area contributed by atoms with Crippen LogP contribution in [0.4, 0.5) is 11.4 Å². The van der Waals surface area contributed by atoms with E-state index >= 15 is 0 Å². The molecule has 0 atom stereocenters. The van der Waals surface area contributed by atoms with Crippen LogP contribution < -0.4 is 10.0 Å². The molecule has 1 heterocycles. The van der Waals surface area contributed by atoms with Gasteiger partial charge in [-0.05, 0) is 47.8 Å². The zero-order valence-electron chi connectivity index (χ0n) is 13.1. The number of carbonyl (C=O) groups excluding carboxylic acids is 1. The first kappa shape index (κ1) is 18.2. The van der Waals surface area contributed by atoms with Crippen molar-refractivity contribution >= 4 is 50.2 Å². The van der Waals surface area contributed by atoms with Crippen LogP contribution in [0, 0.1) is 0 Å². The number of amides is 1. The number of thiophene rings is 1. The van der Waals surface area contributed by atoms with Gasteiger partial charge in [-0.2, -0.15) is 0 Å². The molecule has 0 saturated heterocycles. The summed E-state index contributed by atoms with van der Waals surface area (Å²) in [6, 6.07) is 13.2. The van der Waals surface area contributed by atoms with Gasteiger partial charge in [0.2, 0.25) is 0 Å². The van der Waals surface area contributed by atoms with Gasteiger partial charge in [-0.15, -0.1) is 11.3 Å². The van der Waals surface area contributed by atoms with Crippen LogP contribution >= 0.6 is 22.9 Å². The third-order valence-electron chi connectivity index (χ3n) is 3.35. The molecule has 0 saturated carbocycles. The first-order chi connectivity index (χ1) is 12.3. The molecule has 0 bridgehead atoms. The summed E-state index contributed by atoms with van der Waals surface area (Å²) in [5.74, 6) is -0.677. The molecule has 134 valence electrons. The van der Waals surface area contributed by atoms with E-state index in [0.717, 1.165) is 0 Å². The Bertz CT molecular complexity index is 1050. The summed E-state index contributed by atoms with van der Waals surface area (Å²) in [5.41, 5.74) is 0.298. The van der Waals surface area contributed by atoms with E-state index in [1.165, 1.54) is 35.6 Å². The molecule has 6 nitrogen and oxygen atoms in total. The number of nitrogens with one attached hydrogen (secondary N) is 2. The highest BCUT2D eigenvalue weighted by Crippen LogP contribution is 2.28. The van der Waals surface area contributed by atoms with Crippen LogP contribution in [0.2, 0.25) is 5.02 Å². The lowest BCUT2D eigenvalue weighted by molar-refractivity contribution is 0.103. The molecule has 9 heteroatoms. The number of benzene rings is 2. The van der Waals surface area contributed by atoms with Gasteiger partial charge in [0.1, 0.15) is 5.75 Å². The number of anilines is 2. The fourth-order valence-corrected chi connectivity index (χ4v) is 4.02. The predicted octanol–water partition coefficient (Wildman–Crippen LogP) is 4.16. The Labute approximate surface area is 159 Å². The summed E-state index contributed by atoms with van der Waals surface area (Å²) in [5, 5.41) is 14.6. The Morgan fingerprint density at radius 1 is 1.08 bits per heavy atom. The maximum Gasteiger partial charge on any atom is 0.265 e. The van der Waals surface area contributed by atoms with Crippen molar-refractivity contribution in [3.8, 4) is 5.75 Å². The number of aromatic hydroxyl groups is 1. The van der Waals surface area contributed by atoms with E-state index in [1.54, 1.807) is 35.7 Å². The molecule has 3 N–H and O–H groups in total. The zero-order valence-corrected chi connectivity index (χ0v) is 15.5. The fraction of sp³-hybridized carbons (Fsp3) is 0. The predicted molar refractivity (Wildman–Crippen MR) is 103 cm³/mol. The molecule has 2 aromatic carbocycles. The molecule has 0 aliphatic rings. The standard InChI is InChI=1S/C17H13ClN2O4S2/c18-11-3-1-4-12(9-11)20-26(23,24)13-6-7-15(21)14(10-13)19-17(22)16-5-2-8-25-16/h1-10,20-21H,(H,19,22). The highest BCUT2D eigenvalue weighted by atomic mass is 35.5. The van der Waals surface area contributed by atoms with E-state index < -0.39 is 15.9 Å². The van der Waals surface area contributed by atoms with Crippen LogP contribution in [0.5, 0.6) is 5.75 Å². The molecular weight excluding hydrogens is 396 g/mol. The maximum absolute atomic E-state index is 12.5. The molecular formula is C17H13ClN2O4S2. The molecule has 0 fully saturated rings. The number of halogens is 1. The Morgan fingerprint density at radius 3 is 2.58 bits per heavy atom. The Balaban J connectivity index is 1.87. The second-order valence-corrected chi connectivity index (χ2v) is 8.29. The Hall–Kier alpha value is -2.55. The average Bonchev–Trinajstić information content (AvgIpc) is 3.11. The average molecular weight is 409 g/mol. The highest BCUT2D eigenvalue weighted by Gasteiger charge is 2.18. The zero-order chi connectivity index (χ0) is 18.7. The molecule has 0 spiro atoms.